The Labute approximate surface area is 227 Å². The Balaban J connectivity index is 1.34. The lowest BCUT2D eigenvalue weighted by atomic mass is 10.0. The van der Waals surface area contributed by atoms with Crippen LogP contribution in [0.3, 0.4) is 0 Å². The van der Waals surface area contributed by atoms with Crippen LogP contribution in [0.25, 0.3) is 5.82 Å². The number of nitrogens with zero attached hydrogens (tertiary/aromatic N) is 5. The van der Waals surface area contributed by atoms with Crippen molar-refractivity contribution in [1.82, 2.24) is 19.5 Å². The standard InChI is InChI=1S/C28H25F3N8O/c1-18-7-8-21(36-25(40)19-5-3-6-20(13-19)28(29,30)31)14-22(18)37-26-33-11-12-39(26)24-15-23(34-17-35-24)38-27(2)9-4-10-32-16-27/h3-15,17H,16H2,1-2H3,(H,33,37)(H,36,40)(H,34,35,38). The minimum absolute atomic E-state index is 0.0991. The number of aliphatic imine (C=N–C) groups is 1. The molecule has 40 heavy (non-hydrogen) atoms. The molecule has 0 bridgehead atoms. The number of aromatic nitrogens is 4. The number of carbonyl (C=O) groups is 1. The van der Waals surface area contributed by atoms with E-state index in [1.54, 1.807) is 47.4 Å². The number of alkyl halides is 3. The third kappa shape index (κ3) is 6.01. The van der Waals surface area contributed by atoms with E-state index in [0.717, 1.165) is 17.7 Å². The van der Waals surface area contributed by atoms with Gasteiger partial charge in [-0.1, -0.05) is 18.2 Å². The Morgan fingerprint density at radius 1 is 1.07 bits per heavy atom. The van der Waals surface area contributed by atoms with Gasteiger partial charge in [0.25, 0.3) is 5.91 Å². The molecule has 4 aromatic rings. The summed E-state index contributed by atoms with van der Waals surface area (Å²) in [6, 6.07) is 11.2. The summed E-state index contributed by atoms with van der Waals surface area (Å²) in [5.74, 6) is 0.985. The highest BCUT2D eigenvalue weighted by Crippen LogP contribution is 2.30. The molecule has 204 valence electrons. The second kappa shape index (κ2) is 10.6. The molecule has 0 saturated heterocycles. The topological polar surface area (TPSA) is 109 Å². The van der Waals surface area contributed by atoms with Gasteiger partial charge in [0.1, 0.15) is 18.0 Å². The normalized spacial score (nSPS) is 16.5. The first-order valence-corrected chi connectivity index (χ1v) is 12.3. The van der Waals surface area contributed by atoms with Gasteiger partial charge in [0.15, 0.2) is 0 Å². The van der Waals surface area contributed by atoms with Gasteiger partial charge in [0, 0.05) is 41.6 Å². The molecular formula is C28H25F3N8O. The van der Waals surface area contributed by atoms with E-state index in [2.05, 4.69) is 35.9 Å². The first-order chi connectivity index (χ1) is 19.1. The number of allylic oxidation sites excluding steroid dienone is 1. The molecule has 0 saturated carbocycles. The number of nitrogens with one attached hydrogen (secondary N) is 3. The number of imidazole rings is 1. The van der Waals surface area contributed by atoms with E-state index in [1.807, 2.05) is 26.0 Å². The molecule has 0 spiro atoms. The van der Waals surface area contributed by atoms with Crippen LogP contribution in [-0.2, 0) is 6.18 Å². The minimum Gasteiger partial charge on any atom is -0.359 e. The van der Waals surface area contributed by atoms with E-state index in [4.69, 9.17) is 0 Å². The lowest BCUT2D eigenvalue weighted by molar-refractivity contribution is -0.137. The summed E-state index contributed by atoms with van der Waals surface area (Å²) in [6.07, 6.45) is 5.94. The highest BCUT2D eigenvalue weighted by Gasteiger charge is 2.31. The van der Waals surface area contributed by atoms with Crippen molar-refractivity contribution in [3.05, 3.63) is 96.1 Å². The Hall–Kier alpha value is -5.00. The largest absolute Gasteiger partial charge is 0.416 e. The van der Waals surface area contributed by atoms with Crippen LogP contribution in [0.4, 0.5) is 36.3 Å². The first kappa shape index (κ1) is 26.6. The Morgan fingerprint density at radius 2 is 1.93 bits per heavy atom. The van der Waals surface area contributed by atoms with Crippen LogP contribution in [0.2, 0.25) is 0 Å². The van der Waals surface area contributed by atoms with Crippen molar-refractivity contribution in [2.45, 2.75) is 25.6 Å². The van der Waals surface area contributed by atoms with Gasteiger partial charge in [-0.05, 0) is 55.8 Å². The van der Waals surface area contributed by atoms with E-state index >= 15 is 0 Å². The summed E-state index contributed by atoms with van der Waals surface area (Å²) in [4.78, 5) is 30.1. The van der Waals surface area contributed by atoms with Crippen molar-refractivity contribution in [3.63, 3.8) is 0 Å². The molecular weight excluding hydrogens is 521 g/mol. The number of hydrogen-bond acceptors (Lipinski definition) is 7. The number of benzene rings is 2. The smallest absolute Gasteiger partial charge is 0.359 e. The number of aryl methyl sites for hydroxylation is 1. The van der Waals surface area contributed by atoms with Crippen molar-refractivity contribution < 1.29 is 18.0 Å². The van der Waals surface area contributed by atoms with Crippen molar-refractivity contribution in [2.24, 2.45) is 4.99 Å². The van der Waals surface area contributed by atoms with Gasteiger partial charge in [0.2, 0.25) is 5.95 Å². The lowest BCUT2D eigenvalue weighted by Gasteiger charge is -2.27. The highest BCUT2D eigenvalue weighted by atomic mass is 19.4. The van der Waals surface area contributed by atoms with Gasteiger partial charge in [0.05, 0.1) is 17.6 Å². The van der Waals surface area contributed by atoms with E-state index in [0.29, 0.717) is 35.5 Å². The summed E-state index contributed by atoms with van der Waals surface area (Å²) in [7, 11) is 0. The monoisotopic (exact) mass is 546 g/mol. The Bertz CT molecular complexity index is 1610. The molecule has 2 aromatic heterocycles. The Morgan fingerprint density at radius 3 is 2.70 bits per heavy atom. The quantitative estimate of drug-likeness (QED) is 0.271. The summed E-state index contributed by atoms with van der Waals surface area (Å²) >= 11 is 0. The van der Waals surface area contributed by atoms with Crippen LogP contribution in [0.5, 0.6) is 0 Å². The second-order valence-electron chi connectivity index (χ2n) is 9.46. The van der Waals surface area contributed by atoms with Crippen LogP contribution in [-0.4, -0.2) is 43.7 Å². The fourth-order valence-electron chi connectivity index (χ4n) is 4.11. The molecule has 12 heteroatoms. The van der Waals surface area contributed by atoms with Gasteiger partial charge >= 0.3 is 6.18 Å². The lowest BCUT2D eigenvalue weighted by Crippen LogP contribution is -2.37. The molecule has 9 nitrogen and oxygen atoms in total. The number of rotatable bonds is 7. The molecule has 1 aliphatic heterocycles. The maximum atomic E-state index is 13.1. The van der Waals surface area contributed by atoms with Crippen molar-refractivity contribution in [2.75, 3.05) is 22.5 Å². The third-order valence-electron chi connectivity index (χ3n) is 6.22. The minimum atomic E-state index is -4.54. The maximum Gasteiger partial charge on any atom is 0.416 e. The van der Waals surface area contributed by atoms with Gasteiger partial charge in [-0.15, -0.1) is 0 Å². The van der Waals surface area contributed by atoms with Crippen LogP contribution in [0, 0.1) is 6.92 Å². The number of carbonyl (C=O) groups excluding carboxylic acids is 1. The summed E-state index contributed by atoms with van der Waals surface area (Å²) in [5, 5.41) is 9.29. The summed E-state index contributed by atoms with van der Waals surface area (Å²) < 4.78 is 41.0. The zero-order valence-corrected chi connectivity index (χ0v) is 21.6. The number of dihydropyridines is 1. The van der Waals surface area contributed by atoms with Gasteiger partial charge < -0.3 is 16.0 Å². The molecule has 0 fully saturated rings. The van der Waals surface area contributed by atoms with Crippen LogP contribution in [0.15, 0.2) is 84.4 Å². The molecule has 2 aromatic carbocycles. The third-order valence-corrected chi connectivity index (χ3v) is 6.22. The fraction of sp³-hybridized carbons (Fsp3) is 0.179. The van der Waals surface area contributed by atoms with Gasteiger partial charge in [-0.3, -0.25) is 14.4 Å². The molecule has 3 N–H and O–H groups in total. The van der Waals surface area contributed by atoms with Crippen LogP contribution < -0.4 is 16.0 Å². The zero-order valence-electron chi connectivity index (χ0n) is 21.6. The van der Waals surface area contributed by atoms with Gasteiger partial charge in [-0.25, -0.2) is 15.0 Å². The predicted molar refractivity (Wildman–Crippen MR) is 148 cm³/mol. The maximum absolute atomic E-state index is 13.1. The van der Waals surface area contributed by atoms with E-state index in [9.17, 15) is 18.0 Å². The molecule has 1 aliphatic rings. The van der Waals surface area contributed by atoms with Crippen molar-refractivity contribution in [3.8, 4) is 5.82 Å². The Kier molecular flexibility index (Phi) is 7.07. The zero-order chi connectivity index (χ0) is 28.3. The molecule has 0 radical (unpaired) electrons. The number of amides is 1. The SMILES string of the molecule is Cc1ccc(NC(=O)c2cccc(C(F)(F)F)c2)cc1Nc1nccn1-c1cc(NC2(C)C=CC=NC2)ncn1. The van der Waals surface area contributed by atoms with Crippen molar-refractivity contribution >= 4 is 35.3 Å². The fourth-order valence-corrected chi connectivity index (χ4v) is 4.11. The molecule has 1 amide bonds. The van der Waals surface area contributed by atoms with E-state index in [-0.39, 0.29) is 11.1 Å². The predicted octanol–water partition coefficient (Wildman–Crippen LogP) is 5.80. The number of hydrogen-bond donors (Lipinski definition) is 3. The average Bonchev–Trinajstić information content (AvgIpc) is 3.39. The molecule has 5 rings (SSSR count). The first-order valence-electron chi connectivity index (χ1n) is 12.3. The van der Waals surface area contributed by atoms with Crippen LogP contribution >= 0.6 is 0 Å². The summed E-state index contributed by atoms with van der Waals surface area (Å²) in [6.45, 7) is 4.47. The van der Waals surface area contributed by atoms with E-state index < -0.39 is 17.6 Å². The molecule has 1 unspecified atom stereocenters. The van der Waals surface area contributed by atoms with E-state index in [1.165, 1.54) is 18.5 Å². The molecule has 3 heterocycles. The van der Waals surface area contributed by atoms with Crippen molar-refractivity contribution in [1.29, 1.82) is 0 Å². The molecule has 0 aliphatic carbocycles. The second-order valence-corrected chi connectivity index (χ2v) is 9.46. The summed E-state index contributed by atoms with van der Waals surface area (Å²) in [5.41, 5.74) is 0.524. The number of halogens is 3. The highest BCUT2D eigenvalue weighted by molar-refractivity contribution is 6.04. The van der Waals surface area contributed by atoms with Gasteiger partial charge in [-0.2, -0.15) is 13.2 Å². The average molecular weight is 547 g/mol. The molecule has 1 atom stereocenters. The van der Waals surface area contributed by atoms with Crippen LogP contribution in [0.1, 0.15) is 28.4 Å². The number of anilines is 4.